The lowest BCUT2D eigenvalue weighted by Crippen LogP contribution is -2.35. The largest absolute Gasteiger partial charge is 0.491 e. The average Bonchev–Trinajstić information content (AvgIpc) is 2.46. The molecular formula is C14H21ClF2N2O3. The maximum atomic E-state index is 12.9. The van der Waals surface area contributed by atoms with Crippen LogP contribution in [0.25, 0.3) is 0 Å². The van der Waals surface area contributed by atoms with Crippen LogP contribution in [0.1, 0.15) is 12.8 Å². The third-order valence-corrected chi connectivity index (χ3v) is 2.70. The number of ether oxygens (including phenoxy) is 1. The molecule has 1 rings (SSSR count). The first-order valence-electron chi connectivity index (χ1n) is 6.70. The van der Waals surface area contributed by atoms with Gasteiger partial charge in [-0.3, -0.25) is 4.79 Å². The molecule has 0 bridgehead atoms. The van der Waals surface area contributed by atoms with Gasteiger partial charge in [0.1, 0.15) is 18.5 Å². The van der Waals surface area contributed by atoms with Crippen molar-refractivity contribution in [3.8, 4) is 5.75 Å². The van der Waals surface area contributed by atoms with E-state index in [1.54, 1.807) is 7.05 Å². The minimum atomic E-state index is -1.01. The van der Waals surface area contributed by atoms with Gasteiger partial charge in [0.15, 0.2) is 11.6 Å². The fourth-order valence-corrected chi connectivity index (χ4v) is 1.56. The number of nitrogens with one attached hydrogen (secondary N) is 2. The van der Waals surface area contributed by atoms with E-state index in [9.17, 15) is 18.7 Å². The first-order chi connectivity index (χ1) is 10.0. The molecule has 126 valence electrons. The topological polar surface area (TPSA) is 70.6 Å². The summed E-state index contributed by atoms with van der Waals surface area (Å²) in [5.41, 5.74) is 0. The van der Waals surface area contributed by atoms with Crippen molar-refractivity contribution in [1.82, 2.24) is 10.6 Å². The van der Waals surface area contributed by atoms with E-state index in [1.807, 2.05) is 0 Å². The highest BCUT2D eigenvalue weighted by Gasteiger charge is 2.09. The summed E-state index contributed by atoms with van der Waals surface area (Å²) < 4.78 is 30.7. The van der Waals surface area contributed by atoms with Crippen molar-refractivity contribution in [1.29, 1.82) is 0 Å². The average molecular weight is 339 g/mol. The van der Waals surface area contributed by atoms with Gasteiger partial charge >= 0.3 is 0 Å². The maximum Gasteiger partial charge on any atom is 0.220 e. The Labute approximate surface area is 134 Å². The van der Waals surface area contributed by atoms with Crippen LogP contribution in [0, 0.1) is 11.6 Å². The highest BCUT2D eigenvalue weighted by atomic mass is 35.5. The molecule has 0 spiro atoms. The molecule has 0 saturated carbocycles. The van der Waals surface area contributed by atoms with Gasteiger partial charge in [-0.2, -0.15) is 0 Å². The molecule has 0 saturated heterocycles. The second kappa shape index (κ2) is 11.2. The van der Waals surface area contributed by atoms with Crippen LogP contribution in [-0.2, 0) is 4.79 Å². The van der Waals surface area contributed by atoms with Crippen molar-refractivity contribution in [3.05, 3.63) is 29.8 Å². The number of carbonyl (C=O) groups is 1. The van der Waals surface area contributed by atoms with Crippen LogP contribution in [0.5, 0.6) is 5.75 Å². The third-order valence-electron chi connectivity index (χ3n) is 2.70. The Balaban J connectivity index is 0.00000441. The summed E-state index contributed by atoms with van der Waals surface area (Å²) in [6, 6.07) is 3.11. The highest BCUT2D eigenvalue weighted by Crippen LogP contribution is 2.15. The predicted octanol–water partition coefficient (Wildman–Crippen LogP) is 1.24. The van der Waals surface area contributed by atoms with Crippen molar-refractivity contribution in [2.45, 2.75) is 18.9 Å². The molecule has 0 heterocycles. The van der Waals surface area contributed by atoms with Crippen molar-refractivity contribution in [2.24, 2.45) is 0 Å². The zero-order chi connectivity index (χ0) is 15.7. The van der Waals surface area contributed by atoms with E-state index in [0.717, 1.165) is 18.7 Å². The Kier molecular flexibility index (Phi) is 10.4. The van der Waals surface area contributed by atoms with Crippen LogP contribution in [0.4, 0.5) is 8.78 Å². The number of benzene rings is 1. The molecule has 1 atom stereocenters. The van der Waals surface area contributed by atoms with Gasteiger partial charge < -0.3 is 20.5 Å². The minimum Gasteiger partial charge on any atom is -0.491 e. The Bertz CT molecular complexity index is 464. The molecule has 5 nitrogen and oxygen atoms in total. The fourth-order valence-electron chi connectivity index (χ4n) is 1.56. The van der Waals surface area contributed by atoms with E-state index >= 15 is 0 Å². The van der Waals surface area contributed by atoms with Crippen molar-refractivity contribution in [2.75, 3.05) is 26.7 Å². The first-order valence-corrected chi connectivity index (χ1v) is 6.70. The Morgan fingerprint density at radius 2 is 2.09 bits per heavy atom. The number of rotatable bonds is 9. The van der Waals surface area contributed by atoms with Gasteiger partial charge in [-0.25, -0.2) is 8.78 Å². The molecule has 0 fully saturated rings. The van der Waals surface area contributed by atoms with Crippen LogP contribution in [0.3, 0.4) is 0 Å². The molecule has 8 heteroatoms. The lowest BCUT2D eigenvalue weighted by atomic mass is 10.3. The number of amides is 1. The number of hydrogen-bond donors (Lipinski definition) is 3. The summed E-state index contributed by atoms with van der Waals surface area (Å²) in [6.45, 7) is 0.666. The normalized spacial score (nSPS) is 11.5. The first kappa shape index (κ1) is 20.6. The molecule has 0 aliphatic heterocycles. The Morgan fingerprint density at radius 1 is 1.36 bits per heavy atom. The van der Waals surface area contributed by atoms with Gasteiger partial charge in [-0.15, -0.1) is 12.4 Å². The fraction of sp³-hybridized carbons (Fsp3) is 0.500. The van der Waals surface area contributed by atoms with E-state index < -0.39 is 17.7 Å². The number of aliphatic hydroxyl groups is 1. The van der Waals surface area contributed by atoms with Gasteiger partial charge in [0.2, 0.25) is 5.91 Å². The SMILES string of the molecule is CNCCCC(=O)NCC(O)COc1ccc(F)c(F)c1.Cl. The smallest absolute Gasteiger partial charge is 0.220 e. The molecule has 0 radical (unpaired) electrons. The maximum absolute atomic E-state index is 12.9. The summed E-state index contributed by atoms with van der Waals surface area (Å²) >= 11 is 0. The number of carbonyl (C=O) groups excluding carboxylic acids is 1. The van der Waals surface area contributed by atoms with Crippen molar-refractivity contribution in [3.63, 3.8) is 0 Å². The van der Waals surface area contributed by atoms with Crippen molar-refractivity contribution < 1.29 is 23.4 Å². The summed E-state index contributed by atoms with van der Waals surface area (Å²) in [5.74, 6) is -2.01. The van der Waals surface area contributed by atoms with Gasteiger partial charge in [-0.05, 0) is 32.1 Å². The monoisotopic (exact) mass is 338 g/mol. The second-order valence-electron chi connectivity index (χ2n) is 4.55. The van der Waals surface area contributed by atoms with E-state index in [1.165, 1.54) is 6.07 Å². The van der Waals surface area contributed by atoms with Crippen LogP contribution in [0.2, 0.25) is 0 Å². The Morgan fingerprint density at radius 3 is 2.73 bits per heavy atom. The van der Waals surface area contributed by atoms with Gasteiger partial charge in [0.05, 0.1) is 0 Å². The number of hydrogen-bond acceptors (Lipinski definition) is 4. The van der Waals surface area contributed by atoms with Crippen LogP contribution >= 0.6 is 12.4 Å². The van der Waals surface area contributed by atoms with E-state index in [4.69, 9.17) is 4.74 Å². The number of aliphatic hydroxyl groups excluding tert-OH is 1. The number of halogens is 3. The molecule has 1 amide bonds. The standard InChI is InChI=1S/C14H20F2N2O3.ClH/c1-17-6-2-3-14(20)18-8-10(19)9-21-11-4-5-12(15)13(16)7-11;/h4-5,7,10,17,19H,2-3,6,8-9H2,1H3,(H,18,20);1H. The molecular weight excluding hydrogens is 318 g/mol. The Hall–Kier alpha value is -1.44. The van der Waals surface area contributed by atoms with Gasteiger partial charge in [0.25, 0.3) is 0 Å². The second-order valence-corrected chi connectivity index (χ2v) is 4.55. The molecule has 0 aliphatic rings. The summed E-state index contributed by atoms with van der Waals surface area (Å²) in [4.78, 5) is 11.4. The van der Waals surface area contributed by atoms with Crippen LogP contribution in [-0.4, -0.2) is 43.9 Å². The highest BCUT2D eigenvalue weighted by molar-refractivity contribution is 5.85. The lowest BCUT2D eigenvalue weighted by Gasteiger charge is -2.13. The summed E-state index contributed by atoms with van der Waals surface area (Å²) in [5, 5.41) is 15.1. The van der Waals surface area contributed by atoms with Crippen LogP contribution in [0.15, 0.2) is 18.2 Å². The third kappa shape index (κ3) is 8.11. The molecule has 1 aromatic carbocycles. The predicted molar refractivity (Wildman–Crippen MR) is 81.3 cm³/mol. The summed E-state index contributed by atoms with van der Waals surface area (Å²) in [6.07, 6.45) is 0.160. The zero-order valence-corrected chi connectivity index (χ0v) is 13.1. The minimum absolute atomic E-state index is 0. The molecule has 1 unspecified atom stereocenters. The molecule has 0 aromatic heterocycles. The quantitative estimate of drug-likeness (QED) is 0.593. The van der Waals surface area contributed by atoms with E-state index in [0.29, 0.717) is 12.8 Å². The van der Waals surface area contributed by atoms with E-state index in [-0.39, 0.29) is 37.2 Å². The van der Waals surface area contributed by atoms with Crippen molar-refractivity contribution >= 4 is 18.3 Å². The van der Waals surface area contributed by atoms with Gasteiger partial charge in [-0.1, -0.05) is 0 Å². The lowest BCUT2D eigenvalue weighted by molar-refractivity contribution is -0.121. The van der Waals surface area contributed by atoms with E-state index in [2.05, 4.69) is 10.6 Å². The zero-order valence-electron chi connectivity index (χ0n) is 12.3. The van der Waals surface area contributed by atoms with Crippen LogP contribution < -0.4 is 15.4 Å². The van der Waals surface area contributed by atoms with Gasteiger partial charge in [0, 0.05) is 19.0 Å². The molecule has 22 heavy (non-hydrogen) atoms. The molecule has 3 N–H and O–H groups in total. The molecule has 0 aliphatic carbocycles. The summed E-state index contributed by atoms with van der Waals surface area (Å²) in [7, 11) is 1.80. The molecule has 1 aromatic rings.